The minimum Gasteiger partial charge on any atom is -0.490 e. The molecule has 0 aliphatic carbocycles. The Kier molecular flexibility index (Phi) is 4.97. The number of fused-ring (bicyclic) bond motifs is 1. The van der Waals surface area contributed by atoms with Crippen molar-refractivity contribution in [1.82, 2.24) is 0 Å². The van der Waals surface area contributed by atoms with E-state index >= 15 is 0 Å². The Bertz CT molecular complexity index is 608. The molecule has 5 nitrogen and oxygen atoms in total. The number of amides is 2. The van der Waals surface area contributed by atoms with Crippen molar-refractivity contribution < 1.29 is 14.3 Å². The van der Waals surface area contributed by atoms with Crippen LogP contribution in [0.2, 0.25) is 0 Å². The topological polar surface area (TPSA) is 58.6 Å². The smallest absolute Gasteiger partial charge is 0.236 e. The molecule has 1 N–H and O–H groups in total. The third kappa shape index (κ3) is 3.84. The van der Waals surface area contributed by atoms with Gasteiger partial charge in [0, 0.05) is 18.7 Å². The highest BCUT2D eigenvalue weighted by molar-refractivity contribution is 6.00. The van der Waals surface area contributed by atoms with E-state index in [4.69, 9.17) is 4.74 Å². The lowest BCUT2D eigenvalue weighted by atomic mass is 9.92. The Hall–Kier alpha value is -2.04. The van der Waals surface area contributed by atoms with E-state index in [9.17, 15) is 9.59 Å². The number of anilines is 2. The summed E-state index contributed by atoms with van der Waals surface area (Å²) in [5.74, 6) is 0.999. The molecule has 0 fully saturated rings. The number of hydrogen-bond acceptors (Lipinski definition) is 3. The van der Waals surface area contributed by atoms with Gasteiger partial charge < -0.3 is 15.0 Å². The first-order chi connectivity index (χ1) is 10.7. The van der Waals surface area contributed by atoms with Crippen molar-refractivity contribution in [3.63, 3.8) is 0 Å². The van der Waals surface area contributed by atoms with Gasteiger partial charge in [0.25, 0.3) is 0 Å². The maximum Gasteiger partial charge on any atom is 0.236 e. The second-order valence-electron chi connectivity index (χ2n) is 7.07. The molecule has 0 radical (unpaired) electrons. The minimum atomic E-state index is -0.583. The van der Waals surface area contributed by atoms with Crippen LogP contribution in [0, 0.1) is 11.3 Å². The molecular weight excluding hydrogens is 292 g/mol. The van der Waals surface area contributed by atoms with E-state index in [-0.39, 0.29) is 11.8 Å². The predicted molar refractivity (Wildman–Crippen MR) is 91.8 cm³/mol. The number of carbonyl (C=O) groups excluding carboxylic acids is 2. The van der Waals surface area contributed by atoms with Gasteiger partial charge in [0.2, 0.25) is 11.8 Å². The monoisotopic (exact) mass is 318 g/mol. The van der Waals surface area contributed by atoms with Crippen LogP contribution in [0.1, 0.15) is 41.0 Å². The molecule has 0 bridgehead atoms. The molecule has 1 aromatic rings. The Labute approximate surface area is 138 Å². The zero-order valence-electron chi connectivity index (χ0n) is 14.6. The third-order valence-corrected chi connectivity index (χ3v) is 3.81. The Morgan fingerprint density at radius 2 is 2.09 bits per heavy atom. The lowest BCUT2D eigenvalue weighted by molar-refractivity contribution is -0.127. The van der Waals surface area contributed by atoms with Crippen LogP contribution in [0.3, 0.4) is 0 Å². The minimum absolute atomic E-state index is 0.0453. The van der Waals surface area contributed by atoms with Crippen molar-refractivity contribution in [2.45, 2.75) is 41.0 Å². The molecule has 0 atom stereocenters. The maximum absolute atomic E-state index is 12.9. The Morgan fingerprint density at radius 1 is 1.39 bits per heavy atom. The summed E-state index contributed by atoms with van der Waals surface area (Å²) in [6, 6.07) is 5.45. The molecular formula is C18H26N2O3. The van der Waals surface area contributed by atoms with E-state index in [1.165, 1.54) is 0 Å². The van der Waals surface area contributed by atoms with Gasteiger partial charge in [-0.25, -0.2) is 0 Å². The third-order valence-electron chi connectivity index (χ3n) is 3.81. The largest absolute Gasteiger partial charge is 0.490 e. The van der Waals surface area contributed by atoms with Gasteiger partial charge in [0.05, 0.1) is 11.1 Å². The summed E-state index contributed by atoms with van der Waals surface area (Å²) in [6.45, 7) is 10.7. The van der Waals surface area contributed by atoms with Crippen molar-refractivity contribution in [3.05, 3.63) is 18.2 Å². The lowest BCUT2D eigenvalue weighted by Crippen LogP contribution is -2.43. The van der Waals surface area contributed by atoms with Crippen LogP contribution in [-0.4, -0.2) is 25.0 Å². The average Bonchev–Trinajstić information content (AvgIpc) is 2.57. The molecule has 2 amide bonds. The van der Waals surface area contributed by atoms with Gasteiger partial charge in [0.1, 0.15) is 12.4 Å². The summed E-state index contributed by atoms with van der Waals surface area (Å²) in [7, 11) is 0. The van der Waals surface area contributed by atoms with Crippen LogP contribution >= 0.6 is 0 Å². The van der Waals surface area contributed by atoms with E-state index in [0.717, 1.165) is 5.69 Å². The standard InChI is InChI=1S/C18H26N2O3/c1-6-16(21)19-13-7-8-15-14(9-13)20(10-12(2)3)17(22)18(4,5)11-23-15/h7-9,12H,6,10-11H2,1-5H3,(H,19,21). The van der Waals surface area contributed by atoms with Gasteiger partial charge in [-0.1, -0.05) is 20.8 Å². The van der Waals surface area contributed by atoms with Crippen molar-refractivity contribution in [2.75, 3.05) is 23.4 Å². The summed E-state index contributed by atoms with van der Waals surface area (Å²) in [5.41, 5.74) is 0.824. The van der Waals surface area contributed by atoms with Crippen molar-refractivity contribution in [1.29, 1.82) is 0 Å². The molecule has 5 heteroatoms. The molecule has 0 unspecified atom stereocenters. The molecule has 0 saturated heterocycles. The molecule has 2 rings (SSSR count). The van der Waals surface area contributed by atoms with Gasteiger partial charge in [-0.15, -0.1) is 0 Å². The summed E-state index contributed by atoms with van der Waals surface area (Å²) in [5, 5.41) is 2.84. The molecule has 126 valence electrons. The van der Waals surface area contributed by atoms with Crippen LogP contribution in [0.15, 0.2) is 18.2 Å². The van der Waals surface area contributed by atoms with Crippen LogP contribution in [0.4, 0.5) is 11.4 Å². The molecule has 1 aliphatic heterocycles. The van der Waals surface area contributed by atoms with Crippen LogP contribution < -0.4 is 15.0 Å². The second-order valence-corrected chi connectivity index (χ2v) is 7.07. The maximum atomic E-state index is 12.9. The number of hydrogen-bond donors (Lipinski definition) is 1. The number of ether oxygens (including phenoxy) is 1. The summed E-state index contributed by atoms with van der Waals surface area (Å²) < 4.78 is 5.86. The zero-order chi connectivity index (χ0) is 17.2. The first-order valence-electron chi connectivity index (χ1n) is 8.13. The quantitative estimate of drug-likeness (QED) is 0.925. The fourth-order valence-corrected chi connectivity index (χ4v) is 2.52. The second kappa shape index (κ2) is 6.60. The van der Waals surface area contributed by atoms with E-state index in [0.29, 0.717) is 36.9 Å². The molecule has 23 heavy (non-hydrogen) atoms. The molecule has 1 aliphatic rings. The number of rotatable bonds is 4. The highest BCUT2D eigenvalue weighted by atomic mass is 16.5. The van der Waals surface area contributed by atoms with Crippen LogP contribution in [-0.2, 0) is 9.59 Å². The van der Waals surface area contributed by atoms with E-state index in [1.807, 2.05) is 32.0 Å². The fourth-order valence-electron chi connectivity index (χ4n) is 2.52. The fraction of sp³-hybridized carbons (Fsp3) is 0.556. The van der Waals surface area contributed by atoms with Crippen LogP contribution in [0.5, 0.6) is 5.75 Å². The van der Waals surface area contributed by atoms with Crippen molar-refractivity contribution in [2.24, 2.45) is 11.3 Å². The summed E-state index contributed by atoms with van der Waals surface area (Å²) >= 11 is 0. The first kappa shape index (κ1) is 17.3. The van der Waals surface area contributed by atoms with Crippen molar-refractivity contribution >= 4 is 23.2 Å². The van der Waals surface area contributed by atoms with Gasteiger partial charge in [-0.05, 0) is 38.0 Å². The summed E-state index contributed by atoms with van der Waals surface area (Å²) in [6.07, 6.45) is 0.412. The number of carbonyl (C=O) groups is 2. The highest BCUT2D eigenvalue weighted by Crippen LogP contribution is 2.38. The average molecular weight is 318 g/mol. The van der Waals surface area contributed by atoms with Crippen molar-refractivity contribution in [3.8, 4) is 5.75 Å². The number of nitrogens with zero attached hydrogens (tertiary/aromatic N) is 1. The predicted octanol–water partition coefficient (Wildman–Crippen LogP) is 3.44. The van der Waals surface area contributed by atoms with Gasteiger partial charge in [-0.3, -0.25) is 9.59 Å². The summed E-state index contributed by atoms with van der Waals surface area (Å²) in [4.78, 5) is 26.3. The zero-order valence-corrected chi connectivity index (χ0v) is 14.6. The molecule has 1 aromatic carbocycles. The SMILES string of the molecule is CCC(=O)Nc1ccc2c(c1)N(CC(C)C)C(=O)C(C)(C)CO2. The molecule has 0 saturated carbocycles. The normalized spacial score (nSPS) is 16.6. The number of benzene rings is 1. The molecule has 0 spiro atoms. The first-order valence-corrected chi connectivity index (χ1v) is 8.13. The lowest BCUT2D eigenvalue weighted by Gasteiger charge is -2.29. The van der Waals surface area contributed by atoms with Crippen LogP contribution in [0.25, 0.3) is 0 Å². The van der Waals surface area contributed by atoms with Gasteiger partial charge in [0.15, 0.2) is 0 Å². The van der Waals surface area contributed by atoms with E-state index in [2.05, 4.69) is 19.2 Å². The van der Waals surface area contributed by atoms with E-state index < -0.39 is 5.41 Å². The highest BCUT2D eigenvalue weighted by Gasteiger charge is 2.38. The van der Waals surface area contributed by atoms with E-state index in [1.54, 1.807) is 11.8 Å². The van der Waals surface area contributed by atoms with Gasteiger partial charge in [-0.2, -0.15) is 0 Å². The Balaban J connectivity index is 2.44. The van der Waals surface area contributed by atoms with Gasteiger partial charge >= 0.3 is 0 Å². The Morgan fingerprint density at radius 3 is 2.70 bits per heavy atom. The number of nitrogens with one attached hydrogen (secondary N) is 1. The molecule has 0 aromatic heterocycles. The molecule has 1 heterocycles.